The van der Waals surface area contributed by atoms with Crippen molar-refractivity contribution in [3.63, 3.8) is 0 Å². The second-order valence-electron chi connectivity index (χ2n) is 3.83. The van der Waals surface area contributed by atoms with E-state index in [0.717, 1.165) is 6.42 Å². The van der Waals surface area contributed by atoms with Gasteiger partial charge in [0.15, 0.2) is 0 Å². The lowest BCUT2D eigenvalue weighted by atomic mass is 10.0. The van der Waals surface area contributed by atoms with Crippen LogP contribution in [0.3, 0.4) is 0 Å². The molecular formula is C13H16N2. The first-order chi connectivity index (χ1) is 7.31. The van der Waals surface area contributed by atoms with Crippen LogP contribution in [0, 0.1) is 6.92 Å². The molecule has 0 spiro atoms. The second-order valence-corrected chi connectivity index (χ2v) is 3.83. The van der Waals surface area contributed by atoms with Gasteiger partial charge in [-0.3, -0.25) is 0 Å². The van der Waals surface area contributed by atoms with Gasteiger partial charge >= 0.3 is 0 Å². The molecule has 78 valence electrons. The molecule has 1 heterocycles. The van der Waals surface area contributed by atoms with Gasteiger partial charge < -0.3 is 4.57 Å². The van der Waals surface area contributed by atoms with Crippen molar-refractivity contribution in [1.29, 1.82) is 0 Å². The summed E-state index contributed by atoms with van der Waals surface area (Å²) in [4.78, 5) is 4.05. The maximum atomic E-state index is 4.05. The molecule has 0 saturated heterocycles. The molecule has 2 heteroatoms. The SMILES string of the molecule is CCCc1ccc(-n2ccnc2)cc1C. The van der Waals surface area contributed by atoms with Crippen LogP contribution in [0.2, 0.25) is 0 Å². The van der Waals surface area contributed by atoms with Gasteiger partial charge in [-0.15, -0.1) is 0 Å². The van der Waals surface area contributed by atoms with Crippen molar-refractivity contribution in [3.05, 3.63) is 48.0 Å². The van der Waals surface area contributed by atoms with Crippen LogP contribution in [0.25, 0.3) is 5.69 Å². The predicted octanol–water partition coefficient (Wildman–Crippen LogP) is 3.13. The van der Waals surface area contributed by atoms with Crippen molar-refractivity contribution in [3.8, 4) is 5.69 Å². The lowest BCUT2D eigenvalue weighted by molar-refractivity contribution is 0.910. The van der Waals surface area contributed by atoms with E-state index in [-0.39, 0.29) is 0 Å². The predicted molar refractivity (Wildman–Crippen MR) is 62.3 cm³/mol. The molecule has 0 amide bonds. The Balaban J connectivity index is 2.33. The van der Waals surface area contributed by atoms with Crippen molar-refractivity contribution < 1.29 is 0 Å². The molecule has 0 radical (unpaired) electrons. The monoisotopic (exact) mass is 200 g/mol. The minimum Gasteiger partial charge on any atom is -0.306 e. The highest BCUT2D eigenvalue weighted by atomic mass is 15.0. The molecule has 2 rings (SSSR count). The number of hydrogen-bond donors (Lipinski definition) is 0. The van der Waals surface area contributed by atoms with E-state index in [9.17, 15) is 0 Å². The Kier molecular flexibility index (Phi) is 2.86. The van der Waals surface area contributed by atoms with Gasteiger partial charge in [0, 0.05) is 18.1 Å². The number of aromatic nitrogens is 2. The minimum atomic E-state index is 1.16. The van der Waals surface area contributed by atoms with E-state index in [4.69, 9.17) is 0 Å². The molecule has 0 aliphatic rings. The zero-order valence-electron chi connectivity index (χ0n) is 9.27. The topological polar surface area (TPSA) is 17.8 Å². The van der Waals surface area contributed by atoms with Crippen LogP contribution in [0.15, 0.2) is 36.9 Å². The number of benzene rings is 1. The van der Waals surface area contributed by atoms with Crippen molar-refractivity contribution in [2.75, 3.05) is 0 Å². The summed E-state index contributed by atoms with van der Waals surface area (Å²) in [5.41, 5.74) is 3.99. The Hall–Kier alpha value is -1.57. The molecule has 0 N–H and O–H groups in total. The molecule has 0 fully saturated rings. The zero-order chi connectivity index (χ0) is 10.7. The molecule has 0 aliphatic heterocycles. The first-order valence-electron chi connectivity index (χ1n) is 5.39. The van der Waals surface area contributed by atoms with Crippen molar-refractivity contribution in [1.82, 2.24) is 9.55 Å². The van der Waals surface area contributed by atoms with Gasteiger partial charge in [-0.2, -0.15) is 0 Å². The maximum Gasteiger partial charge on any atom is 0.0991 e. The van der Waals surface area contributed by atoms with Crippen LogP contribution in [-0.2, 0) is 6.42 Å². The van der Waals surface area contributed by atoms with E-state index in [0.29, 0.717) is 0 Å². The average molecular weight is 200 g/mol. The lowest BCUT2D eigenvalue weighted by Gasteiger charge is -2.08. The fraction of sp³-hybridized carbons (Fsp3) is 0.308. The number of imidazole rings is 1. The Morgan fingerprint density at radius 1 is 1.33 bits per heavy atom. The van der Waals surface area contributed by atoms with Gasteiger partial charge in [0.2, 0.25) is 0 Å². The molecule has 0 unspecified atom stereocenters. The fourth-order valence-electron chi connectivity index (χ4n) is 1.80. The largest absolute Gasteiger partial charge is 0.306 e. The summed E-state index contributed by atoms with van der Waals surface area (Å²) in [6.45, 7) is 4.38. The average Bonchev–Trinajstić information content (AvgIpc) is 2.74. The summed E-state index contributed by atoms with van der Waals surface area (Å²) in [5.74, 6) is 0. The molecule has 0 aliphatic carbocycles. The standard InChI is InChI=1S/C13H16N2/c1-3-4-12-5-6-13(9-11(12)2)15-8-7-14-10-15/h5-10H,3-4H2,1-2H3. The van der Waals surface area contributed by atoms with Gasteiger partial charge in [-0.05, 0) is 36.6 Å². The third-order valence-corrected chi connectivity index (χ3v) is 2.65. The summed E-state index contributed by atoms with van der Waals surface area (Å²) >= 11 is 0. The van der Waals surface area contributed by atoms with E-state index in [2.05, 4.69) is 37.0 Å². The van der Waals surface area contributed by atoms with Gasteiger partial charge in [-0.25, -0.2) is 4.98 Å². The molecular weight excluding hydrogens is 184 g/mol. The van der Waals surface area contributed by atoms with Crippen LogP contribution in [0.4, 0.5) is 0 Å². The molecule has 0 atom stereocenters. The summed E-state index contributed by atoms with van der Waals surface area (Å²) in [6.07, 6.45) is 7.96. The van der Waals surface area contributed by atoms with E-state index in [1.165, 1.54) is 23.2 Å². The summed E-state index contributed by atoms with van der Waals surface area (Å²) in [5, 5.41) is 0. The van der Waals surface area contributed by atoms with Crippen LogP contribution < -0.4 is 0 Å². The van der Waals surface area contributed by atoms with Gasteiger partial charge in [0.25, 0.3) is 0 Å². The highest BCUT2D eigenvalue weighted by Gasteiger charge is 2.00. The van der Waals surface area contributed by atoms with Crippen LogP contribution in [0.1, 0.15) is 24.5 Å². The van der Waals surface area contributed by atoms with E-state index >= 15 is 0 Å². The fourth-order valence-corrected chi connectivity index (χ4v) is 1.80. The Labute approximate surface area is 90.6 Å². The number of nitrogens with zero attached hydrogens (tertiary/aromatic N) is 2. The first-order valence-corrected chi connectivity index (χ1v) is 5.39. The van der Waals surface area contributed by atoms with Crippen LogP contribution >= 0.6 is 0 Å². The quantitative estimate of drug-likeness (QED) is 0.744. The zero-order valence-corrected chi connectivity index (χ0v) is 9.27. The molecule has 1 aromatic carbocycles. The number of rotatable bonds is 3. The third kappa shape index (κ3) is 2.09. The van der Waals surface area contributed by atoms with Crippen molar-refractivity contribution in [2.45, 2.75) is 26.7 Å². The normalized spacial score (nSPS) is 10.5. The Morgan fingerprint density at radius 2 is 2.20 bits per heavy atom. The summed E-state index contributed by atoms with van der Waals surface area (Å²) < 4.78 is 2.03. The van der Waals surface area contributed by atoms with E-state index in [1.807, 2.05) is 17.1 Å². The molecule has 0 bridgehead atoms. The van der Waals surface area contributed by atoms with Crippen LogP contribution in [0.5, 0.6) is 0 Å². The summed E-state index contributed by atoms with van der Waals surface area (Å²) in [6, 6.07) is 6.58. The molecule has 1 aromatic heterocycles. The minimum absolute atomic E-state index is 1.16. The van der Waals surface area contributed by atoms with E-state index in [1.54, 1.807) is 6.20 Å². The van der Waals surface area contributed by atoms with Crippen molar-refractivity contribution in [2.24, 2.45) is 0 Å². The molecule has 2 aromatic rings. The smallest absolute Gasteiger partial charge is 0.0991 e. The second kappa shape index (κ2) is 4.30. The van der Waals surface area contributed by atoms with Crippen LogP contribution in [-0.4, -0.2) is 9.55 Å². The number of aryl methyl sites for hydroxylation is 2. The number of hydrogen-bond acceptors (Lipinski definition) is 1. The molecule has 0 saturated carbocycles. The molecule has 2 nitrogen and oxygen atoms in total. The highest BCUT2D eigenvalue weighted by molar-refractivity contribution is 5.40. The molecule has 15 heavy (non-hydrogen) atoms. The van der Waals surface area contributed by atoms with Gasteiger partial charge in [-0.1, -0.05) is 19.4 Å². The lowest BCUT2D eigenvalue weighted by Crippen LogP contribution is -1.94. The third-order valence-electron chi connectivity index (χ3n) is 2.65. The maximum absolute atomic E-state index is 4.05. The Bertz CT molecular complexity index is 430. The van der Waals surface area contributed by atoms with Gasteiger partial charge in [0.05, 0.1) is 6.33 Å². The first kappa shape index (κ1) is 9.97. The van der Waals surface area contributed by atoms with Crippen molar-refractivity contribution >= 4 is 0 Å². The van der Waals surface area contributed by atoms with Gasteiger partial charge in [0.1, 0.15) is 0 Å². The Morgan fingerprint density at radius 3 is 2.80 bits per heavy atom. The highest BCUT2D eigenvalue weighted by Crippen LogP contribution is 2.15. The van der Waals surface area contributed by atoms with E-state index < -0.39 is 0 Å². The summed E-state index contributed by atoms with van der Waals surface area (Å²) in [7, 11) is 0.